The molecule has 0 unspecified atom stereocenters. The number of halogens is 1. The molecule has 1 heterocycles. The third kappa shape index (κ3) is 5.26. The van der Waals surface area contributed by atoms with Crippen molar-refractivity contribution in [3.05, 3.63) is 70.0 Å². The van der Waals surface area contributed by atoms with Gasteiger partial charge in [-0.05, 0) is 38.5 Å². The van der Waals surface area contributed by atoms with Crippen molar-refractivity contribution in [2.24, 2.45) is 0 Å². The average molecular weight is 412 g/mol. The number of nitrogens with one attached hydrogen (secondary N) is 2. The van der Waals surface area contributed by atoms with E-state index in [9.17, 15) is 14.0 Å². The van der Waals surface area contributed by atoms with E-state index in [0.29, 0.717) is 18.5 Å². The minimum absolute atomic E-state index is 0.245. The van der Waals surface area contributed by atoms with Gasteiger partial charge in [-0.2, -0.15) is 0 Å². The normalized spacial score (nSPS) is 10.6. The quantitative estimate of drug-likeness (QED) is 0.619. The summed E-state index contributed by atoms with van der Waals surface area (Å²) in [7, 11) is 0. The molecule has 0 aliphatic carbocycles. The van der Waals surface area contributed by atoms with Crippen LogP contribution >= 0.6 is 11.3 Å². The third-order valence-corrected chi connectivity index (χ3v) is 5.73. The van der Waals surface area contributed by atoms with E-state index in [1.54, 1.807) is 30.4 Å². The lowest BCUT2D eigenvalue weighted by Crippen LogP contribution is -2.36. The maximum Gasteiger partial charge on any atom is 0.313 e. The number of benzene rings is 2. The summed E-state index contributed by atoms with van der Waals surface area (Å²) in [4.78, 5) is 29.6. The predicted octanol–water partition coefficient (Wildman–Crippen LogP) is 4.17. The molecule has 0 saturated carbocycles. The number of thiazole rings is 1. The molecule has 5 nitrogen and oxygen atoms in total. The highest BCUT2D eigenvalue weighted by atomic mass is 32.1. The SMILES string of the molecule is Cc1ccc(-c2nc(C)c(CCNC(=O)C(=O)Nc3ccc(C)c(F)c3)s2)cc1. The molecule has 2 amide bonds. The van der Waals surface area contributed by atoms with Crippen LogP contribution in [0, 0.1) is 26.6 Å². The third-order valence-electron chi connectivity index (χ3n) is 4.46. The van der Waals surface area contributed by atoms with E-state index in [4.69, 9.17) is 0 Å². The van der Waals surface area contributed by atoms with Gasteiger partial charge in [0.1, 0.15) is 10.8 Å². The van der Waals surface area contributed by atoms with Crippen LogP contribution in [0.2, 0.25) is 0 Å². The van der Waals surface area contributed by atoms with Crippen LogP contribution in [-0.4, -0.2) is 23.3 Å². The second kappa shape index (κ2) is 8.96. The van der Waals surface area contributed by atoms with Crippen LogP contribution in [0.1, 0.15) is 21.7 Å². The summed E-state index contributed by atoms with van der Waals surface area (Å²) in [5.41, 5.74) is 3.88. The number of carbonyl (C=O) groups excluding carboxylic acids is 2. The highest BCUT2D eigenvalue weighted by Crippen LogP contribution is 2.28. The van der Waals surface area contributed by atoms with Gasteiger partial charge in [-0.1, -0.05) is 35.9 Å². The van der Waals surface area contributed by atoms with Gasteiger partial charge in [0, 0.05) is 29.1 Å². The first-order valence-corrected chi connectivity index (χ1v) is 10.0. The van der Waals surface area contributed by atoms with Crippen LogP contribution in [-0.2, 0) is 16.0 Å². The summed E-state index contributed by atoms with van der Waals surface area (Å²) in [6.07, 6.45) is 0.577. The molecule has 0 atom stereocenters. The number of carbonyl (C=O) groups is 2. The summed E-state index contributed by atoms with van der Waals surface area (Å²) in [5.74, 6) is -2.02. The Morgan fingerprint density at radius 1 is 1.03 bits per heavy atom. The molecular formula is C22H22FN3O2S. The first-order valence-electron chi connectivity index (χ1n) is 9.22. The second-order valence-corrected chi connectivity index (χ2v) is 7.90. The maximum atomic E-state index is 13.5. The lowest BCUT2D eigenvalue weighted by Gasteiger charge is -2.07. The molecule has 29 heavy (non-hydrogen) atoms. The molecule has 0 spiro atoms. The van der Waals surface area contributed by atoms with Gasteiger partial charge in [0.25, 0.3) is 0 Å². The van der Waals surface area contributed by atoms with Crippen LogP contribution in [0.3, 0.4) is 0 Å². The van der Waals surface area contributed by atoms with E-state index >= 15 is 0 Å². The van der Waals surface area contributed by atoms with Gasteiger partial charge >= 0.3 is 11.8 Å². The van der Waals surface area contributed by atoms with Crippen molar-refractivity contribution < 1.29 is 14.0 Å². The van der Waals surface area contributed by atoms with Crippen molar-refractivity contribution in [3.8, 4) is 10.6 Å². The number of hydrogen-bond acceptors (Lipinski definition) is 4. The lowest BCUT2D eigenvalue weighted by atomic mass is 10.2. The van der Waals surface area contributed by atoms with E-state index in [0.717, 1.165) is 21.1 Å². The Morgan fingerprint density at radius 2 is 1.76 bits per heavy atom. The summed E-state index contributed by atoms with van der Waals surface area (Å²) < 4.78 is 13.5. The zero-order chi connectivity index (χ0) is 21.0. The second-order valence-electron chi connectivity index (χ2n) is 6.82. The highest BCUT2D eigenvalue weighted by molar-refractivity contribution is 7.15. The molecule has 3 aromatic rings. The summed E-state index contributed by atoms with van der Waals surface area (Å²) in [6, 6.07) is 12.5. The molecule has 1 aromatic heterocycles. The summed E-state index contributed by atoms with van der Waals surface area (Å²) in [6.45, 7) is 5.91. The Balaban J connectivity index is 1.54. The van der Waals surface area contributed by atoms with E-state index in [-0.39, 0.29) is 5.69 Å². The minimum Gasteiger partial charge on any atom is -0.347 e. The zero-order valence-corrected chi connectivity index (χ0v) is 17.3. The molecule has 150 valence electrons. The molecule has 0 aliphatic rings. The van der Waals surface area contributed by atoms with Gasteiger partial charge < -0.3 is 10.6 Å². The maximum absolute atomic E-state index is 13.5. The number of amides is 2. The molecule has 7 heteroatoms. The molecule has 2 aromatic carbocycles. The van der Waals surface area contributed by atoms with Crippen LogP contribution in [0.5, 0.6) is 0 Å². The van der Waals surface area contributed by atoms with Gasteiger partial charge in [-0.15, -0.1) is 11.3 Å². The Labute approximate surface area is 173 Å². The Bertz CT molecular complexity index is 1040. The molecule has 2 N–H and O–H groups in total. The predicted molar refractivity (Wildman–Crippen MR) is 114 cm³/mol. The number of rotatable bonds is 5. The van der Waals surface area contributed by atoms with Gasteiger partial charge in [-0.25, -0.2) is 9.37 Å². The fourth-order valence-corrected chi connectivity index (χ4v) is 3.78. The Morgan fingerprint density at radius 3 is 2.45 bits per heavy atom. The number of nitrogens with zero attached hydrogens (tertiary/aromatic N) is 1. The Hall–Kier alpha value is -3.06. The van der Waals surface area contributed by atoms with E-state index in [1.807, 2.05) is 38.1 Å². The molecule has 0 saturated heterocycles. The molecule has 0 radical (unpaired) electrons. The van der Waals surface area contributed by atoms with Crippen LogP contribution in [0.4, 0.5) is 10.1 Å². The topological polar surface area (TPSA) is 71.1 Å². The van der Waals surface area contributed by atoms with Crippen LogP contribution < -0.4 is 10.6 Å². The molecular weight excluding hydrogens is 389 g/mol. The van der Waals surface area contributed by atoms with Gasteiger partial charge in [-0.3, -0.25) is 9.59 Å². The van der Waals surface area contributed by atoms with Gasteiger partial charge in [0.2, 0.25) is 0 Å². The monoisotopic (exact) mass is 411 g/mol. The van der Waals surface area contributed by atoms with Crippen molar-refractivity contribution in [1.82, 2.24) is 10.3 Å². The average Bonchev–Trinajstić information content (AvgIpc) is 3.06. The van der Waals surface area contributed by atoms with Crippen LogP contribution in [0.15, 0.2) is 42.5 Å². The highest BCUT2D eigenvalue weighted by Gasteiger charge is 2.15. The number of hydrogen-bond donors (Lipinski definition) is 2. The molecule has 0 bridgehead atoms. The lowest BCUT2D eigenvalue weighted by molar-refractivity contribution is -0.136. The zero-order valence-electron chi connectivity index (χ0n) is 16.5. The van der Waals surface area contributed by atoms with Crippen molar-refractivity contribution in [3.63, 3.8) is 0 Å². The number of anilines is 1. The number of aromatic nitrogens is 1. The van der Waals surface area contributed by atoms with Crippen molar-refractivity contribution in [1.29, 1.82) is 0 Å². The van der Waals surface area contributed by atoms with E-state index in [1.165, 1.54) is 11.6 Å². The Kier molecular flexibility index (Phi) is 6.39. The molecule has 0 fully saturated rings. The fourth-order valence-electron chi connectivity index (χ4n) is 2.71. The van der Waals surface area contributed by atoms with Gasteiger partial charge in [0.05, 0.1) is 5.69 Å². The first-order chi connectivity index (χ1) is 13.8. The van der Waals surface area contributed by atoms with Crippen LogP contribution in [0.25, 0.3) is 10.6 Å². The summed E-state index contributed by atoms with van der Waals surface area (Å²) >= 11 is 1.58. The van der Waals surface area contributed by atoms with Gasteiger partial charge in [0.15, 0.2) is 0 Å². The largest absolute Gasteiger partial charge is 0.347 e. The first kappa shape index (κ1) is 20.7. The molecule has 3 rings (SSSR count). The van der Waals surface area contributed by atoms with E-state index < -0.39 is 17.6 Å². The smallest absolute Gasteiger partial charge is 0.313 e. The number of aryl methyl sites for hydroxylation is 3. The van der Waals surface area contributed by atoms with Crippen molar-refractivity contribution in [2.45, 2.75) is 27.2 Å². The minimum atomic E-state index is -0.824. The van der Waals surface area contributed by atoms with E-state index in [2.05, 4.69) is 15.6 Å². The summed E-state index contributed by atoms with van der Waals surface area (Å²) in [5, 5.41) is 5.93. The van der Waals surface area contributed by atoms with Crippen molar-refractivity contribution >= 4 is 28.8 Å². The van der Waals surface area contributed by atoms with Crippen molar-refractivity contribution in [2.75, 3.05) is 11.9 Å². The standard InChI is InChI=1S/C22H22FN3O2S/c1-13-4-7-16(8-5-13)22-25-15(3)19(29-22)10-11-24-20(27)21(28)26-17-9-6-14(2)18(23)12-17/h4-9,12H,10-11H2,1-3H3,(H,24,27)(H,26,28). The fraction of sp³-hybridized carbons (Fsp3) is 0.227. The molecule has 0 aliphatic heterocycles.